The fourth-order valence-electron chi connectivity index (χ4n) is 1.87. The molecule has 1 atom stereocenters. The normalized spacial score (nSPS) is 12.1. The molecule has 0 aliphatic rings. The van der Waals surface area contributed by atoms with E-state index in [2.05, 4.69) is 0 Å². The molecule has 0 radical (unpaired) electrons. The molecule has 0 saturated heterocycles. The molecule has 1 N–H and O–H groups in total. The van der Waals surface area contributed by atoms with Gasteiger partial charge in [0, 0.05) is 12.0 Å². The number of rotatable bonds is 4. The maximum absolute atomic E-state index is 11.7. The first kappa shape index (κ1) is 12.5. The van der Waals surface area contributed by atoms with Crippen LogP contribution in [-0.2, 0) is 0 Å². The van der Waals surface area contributed by atoms with Gasteiger partial charge in [-0.05, 0) is 18.1 Å². The number of hydrogen-bond donors (Lipinski definition) is 1. The standard InChI is InChI=1S/C16H16O2/c1-12(17)11-16(18)15-9-7-14(8-10-15)13-5-3-2-4-6-13/h2-10,12,17H,11H2,1H3. The molecule has 0 aromatic heterocycles. The Hall–Kier alpha value is -1.93. The highest BCUT2D eigenvalue weighted by Gasteiger charge is 2.09. The van der Waals surface area contributed by atoms with Crippen molar-refractivity contribution in [3.63, 3.8) is 0 Å². The van der Waals surface area contributed by atoms with Crippen molar-refractivity contribution in [2.45, 2.75) is 19.4 Å². The number of Topliss-reactive ketones (excluding diaryl/α,β-unsaturated/α-hetero) is 1. The van der Waals surface area contributed by atoms with E-state index in [1.54, 1.807) is 6.92 Å². The zero-order chi connectivity index (χ0) is 13.0. The Balaban J connectivity index is 2.18. The van der Waals surface area contributed by atoms with E-state index in [0.717, 1.165) is 11.1 Å². The van der Waals surface area contributed by atoms with Gasteiger partial charge in [0.2, 0.25) is 0 Å². The average Bonchev–Trinajstić information content (AvgIpc) is 2.39. The topological polar surface area (TPSA) is 37.3 Å². The predicted molar refractivity (Wildman–Crippen MR) is 72.5 cm³/mol. The number of carbonyl (C=O) groups is 1. The molecule has 0 spiro atoms. The summed E-state index contributed by atoms with van der Waals surface area (Å²) in [4.78, 5) is 11.7. The highest BCUT2D eigenvalue weighted by molar-refractivity contribution is 5.96. The molecular formula is C16H16O2. The number of aliphatic hydroxyl groups excluding tert-OH is 1. The second-order valence-corrected chi connectivity index (χ2v) is 4.42. The Labute approximate surface area is 107 Å². The van der Waals surface area contributed by atoms with Crippen LogP contribution in [0.25, 0.3) is 11.1 Å². The molecule has 1 unspecified atom stereocenters. The molecule has 0 heterocycles. The van der Waals surface area contributed by atoms with Crippen molar-refractivity contribution in [1.29, 1.82) is 0 Å². The van der Waals surface area contributed by atoms with Crippen LogP contribution in [0.4, 0.5) is 0 Å². The summed E-state index contributed by atoms with van der Waals surface area (Å²) in [6.07, 6.45) is -0.420. The van der Waals surface area contributed by atoms with Crippen molar-refractivity contribution in [2.75, 3.05) is 0 Å². The zero-order valence-electron chi connectivity index (χ0n) is 10.3. The van der Waals surface area contributed by atoms with Crippen LogP contribution < -0.4 is 0 Å². The summed E-state index contributed by atoms with van der Waals surface area (Å²) < 4.78 is 0. The third-order valence-corrected chi connectivity index (χ3v) is 2.79. The van der Waals surface area contributed by atoms with Gasteiger partial charge in [-0.3, -0.25) is 4.79 Å². The van der Waals surface area contributed by atoms with Gasteiger partial charge < -0.3 is 5.11 Å². The van der Waals surface area contributed by atoms with Crippen LogP contribution in [0, 0.1) is 0 Å². The highest BCUT2D eigenvalue weighted by Crippen LogP contribution is 2.19. The van der Waals surface area contributed by atoms with Gasteiger partial charge in [-0.15, -0.1) is 0 Å². The number of hydrogen-bond acceptors (Lipinski definition) is 2. The zero-order valence-corrected chi connectivity index (χ0v) is 10.3. The largest absolute Gasteiger partial charge is 0.393 e. The van der Waals surface area contributed by atoms with Gasteiger partial charge in [0.1, 0.15) is 0 Å². The lowest BCUT2D eigenvalue weighted by Gasteiger charge is -2.05. The molecule has 0 aliphatic heterocycles. The molecule has 2 aromatic carbocycles. The number of ketones is 1. The van der Waals surface area contributed by atoms with E-state index in [-0.39, 0.29) is 12.2 Å². The molecule has 2 nitrogen and oxygen atoms in total. The van der Waals surface area contributed by atoms with Crippen molar-refractivity contribution in [3.05, 3.63) is 60.2 Å². The van der Waals surface area contributed by atoms with Gasteiger partial charge in [0.25, 0.3) is 0 Å². The van der Waals surface area contributed by atoms with Gasteiger partial charge in [0.05, 0.1) is 6.10 Å². The molecule has 2 aromatic rings. The van der Waals surface area contributed by atoms with Gasteiger partial charge in [-0.25, -0.2) is 0 Å². The molecule has 0 fully saturated rings. The SMILES string of the molecule is CC(O)CC(=O)c1ccc(-c2ccccc2)cc1. The Morgan fingerprint density at radius 3 is 2.11 bits per heavy atom. The number of carbonyl (C=O) groups excluding carboxylic acids is 1. The minimum atomic E-state index is -0.591. The second kappa shape index (κ2) is 5.61. The summed E-state index contributed by atoms with van der Waals surface area (Å²) in [5.74, 6) is -0.0235. The van der Waals surface area contributed by atoms with Crippen LogP contribution in [0.5, 0.6) is 0 Å². The average molecular weight is 240 g/mol. The summed E-state index contributed by atoms with van der Waals surface area (Å²) in [5.41, 5.74) is 2.87. The Morgan fingerprint density at radius 1 is 1.00 bits per heavy atom. The maximum atomic E-state index is 11.7. The van der Waals surface area contributed by atoms with E-state index in [9.17, 15) is 9.90 Å². The molecule has 0 aliphatic carbocycles. The van der Waals surface area contributed by atoms with Crippen molar-refractivity contribution < 1.29 is 9.90 Å². The molecule has 2 rings (SSSR count). The Bertz CT molecular complexity index is 513. The van der Waals surface area contributed by atoms with Crippen LogP contribution in [0.3, 0.4) is 0 Å². The number of benzene rings is 2. The monoisotopic (exact) mass is 240 g/mol. The fraction of sp³-hybridized carbons (Fsp3) is 0.188. The summed E-state index contributed by atoms with van der Waals surface area (Å²) in [5, 5.41) is 9.20. The van der Waals surface area contributed by atoms with Crippen molar-refractivity contribution >= 4 is 5.78 Å². The molecule has 0 saturated carbocycles. The maximum Gasteiger partial charge on any atom is 0.165 e. The predicted octanol–water partition coefficient (Wildman–Crippen LogP) is 3.31. The lowest BCUT2D eigenvalue weighted by molar-refractivity contribution is 0.0901. The number of aliphatic hydroxyl groups is 1. The minimum absolute atomic E-state index is 0.0235. The van der Waals surface area contributed by atoms with Crippen LogP contribution >= 0.6 is 0 Å². The van der Waals surface area contributed by atoms with Crippen molar-refractivity contribution in [3.8, 4) is 11.1 Å². The van der Waals surface area contributed by atoms with Crippen molar-refractivity contribution in [1.82, 2.24) is 0 Å². The highest BCUT2D eigenvalue weighted by atomic mass is 16.3. The van der Waals surface area contributed by atoms with Gasteiger partial charge >= 0.3 is 0 Å². The van der Waals surface area contributed by atoms with Gasteiger partial charge in [-0.2, -0.15) is 0 Å². The Kier molecular flexibility index (Phi) is 3.90. The van der Waals surface area contributed by atoms with Crippen LogP contribution in [-0.4, -0.2) is 17.0 Å². The third-order valence-electron chi connectivity index (χ3n) is 2.79. The molecule has 18 heavy (non-hydrogen) atoms. The second-order valence-electron chi connectivity index (χ2n) is 4.42. The van der Waals surface area contributed by atoms with E-state index in [4.69, 9.17) is 0 Å². The Morgan fingerprint density at radius 2 is 1.56 bits per heavy atom. The van der Waals surface area contributed by atoms with E-state index in [0.29, 0.717) is 5.56 Å². The van der Waals surface area contributed by atoms with Crippen LogP contribution in [0.15, 0.2) is 54.6 Å². The van der Waals surface area contributed by atoms with E-state index in [1.807, 2.05) is 54.6 Å². The summed E-state index contributed by atoms with van der Waals surface area (Å²) in [6.45, 7) is 1.62. The first-order valence-electron chi connectivity index (χ1n) is 6.03. The molecule has 2 heteroatoms. The van der Waals surface area contributed by atoms with E-state index < -0.39 is 6.10 Å². The van der Waals surface area contributed by atoms with Crippen LogP contribution in [0.2, 0.25) is 0 Å². The lowest BCUT2D eigenvalue weighted by atomic mass is 10.0. The van der Waals surface area contributed by atoms with Crippen molar-refractivity contribution in [2.24, 2.45) is 0 Å². The van der Waals surface area contributed by atoms with E-state index in [1.165, 1.54) is 0 Å². The fourth-order valence-corrected chi connectivity index (χ4v) is 1.87. The van der Waals surface area contributed by atoms with E-state index >= 15 is 0 Å². The lowest BCUT2D eigenvalue weighted by Crippen LogP contribution is -2.09. The quantitative estimate of drug-likeness (QED) is 0.832. The molecule has 92 valence electrons. The molecule has 0 bridgehead atoms. The minimum Gasteiger partial charge on any atom is -0.393 e. The van der Waals surface area contributed by atoms with Gasteiger partial charge in [-0.1, -0.05) is 54.6 Å². The summed E-state index contributed by atoms with van der Waals surface area (Å²) >= 11 is 0. The summed E-state index contributed by atoms with van der Waals surface area (Å²) in [7, 11) is 0. The first-order valence-corrected chi connectivity index (χ1v) is 6.03. The van der Waals surface area contributed by atoms with Crippen LogP contribution in [0.1, 0.15) is 23.7 Å². The molecule has 0 amide bonds. The molecular weight excluding hydrogens is 224 g/mol. The third kappa shape index (κ3) is 3.05. The van der Waals surface area contributed by atoms with Gasteiger partial charge in [0.15, 0.2) is 5.78 Å². The summed E-state index contributed by atoms with van der Waals surface area (Å²) in [6, 6.07) is 17.5. The first-order chi connectivity index (χ1) is 8.66. The smallest absolute Gasteiger partial charge is 0.165 e.